The topological polar surface area (TPSA) is 25.8 Å². The molecule has 0 aromatic heterocycles. The molecule has 0 radical (unpaired) electrons. The van der Waals surface area contributed by atoms with Crippen LogP contribution in [0.5, 0.6) is 5.75 Å². The Bertz CT molecular complexity index is 555. The number of hydrogen-bond acceptors (Lipinski definition) is 1. The molecule has 0 amide bonds. The zero-order valence-corrected chi connectivity index (χ0v) is 12.9. The molecular weight excluding hydrogens is 293 g/mol. The molecule has 0 aliphatic carbocycles. The Balaban J connectivity index is 1.80. The van der Waals surface area contributed by atoms with Crippen molar-refractivity contribution < 1.29 is 10.1 Å². The molecule has 0 unspecified atom stereocenters. The Kier molecular flexibility index (Phi) is 5.72. The summed E-state index contributed by atoms with van der Waals surface area (Å²) < 4.78 is 5.14. The van der Waals surface area contributed by atoms with Crippen molar-refractivity contribution in [2.75, 3.05) is 13.7 Å². The summed E-state index contributed by atoms with van der Waals surface area (Å²) in [5.74, 6) is 0.892. The lowest BCUT2D eigenvalue weighted by Gasteiger charge is -2.06. The first-order chi connectivity index (χ1) is 9.70. The van der Waals surface area contributed by atoms with Gasteiger partial charge in [0.15, 0.2) is 0 Å². The minimum absolute atomic E-state index is 0.618. The zero-order chi connectivity index (χ0) is 14.4. The fraction of sp³-hybridized carbons (Fsp3) is 0.250. The third-order valence-corrected chi connectivity index (χ3v) is 4.05. The van der Waals surface area contributed by atoms with Crippen LogP contribution in [0.25, 0.3) is 0 Å². The number of ether oxygens (including phenoxy) is 1. The van der Waals surface area contributed by atoms with Gasteiger partial charge in [-0.25, -0.2) is 0 Å². The SMILES string of the molecule is COc1ccc(CC[NH2+]Cc2cccc(Cl)c2Cl)cc1. The second-order valence-electron chi connectivity index (χ2n) is 4.59. The summed E-state index contributed by atoms with van der Waals surface area (Å²) in [7, 11) is 1.68. The van der Waals surface area contributed by atoms with Crippen molar-refractivity contribution in [3.63, 3.8) is 0 Å². The normalized spacial score (nSPS) is 10.6. The molecule has 0 aliphatic heterocycles. The fourth-order valence-electron chi connectivity index (χ4n) is 2.02. The predicted molar refractivity (Wildman–Crippen MR) is 83.7 cm³/mol. The quantitative estimate of drug-likeness (QED) is 0.814. The number of nitrogens with two attached hydrogens (primary N) is 1. The molecule has 2 aromatic carbocycles. The Morgan fingerprint density at radius 1 is 1.05 bits per heavy atom. The zero-order valence-electron chi connectivity index (χ0n) is 11.4. The molecule has 0 saturated carbocycles. The van der Waals surface area contributed by atoms with Gasteiger partial charge in [0.25, 0.3) is 0 Å². The number of quaternary nitrogens is 1. The van der Waals surface area contributed by atoms with Crippen molar-refractivity contribution in [1.82, 2.24) is 0 Å². The van der Waals surface area contributed by atoms with E-state index in [-0.39, 0.29) is 0 Å². The van der Waals surface area contributed by atoms with Crippen LogP contribution in [0.4, 0.5) is 0 Å². The van der Waals surface area contributed by atoms with Crippen molar-refractivity contribution >= 4 is 23.2 Å². The average molecular weight is 311 g/mol. The lowest BCUT2D eigenvalue weighted by molar-refractivity contribution is -0.670. The van der Waals surface area contributed by atoms with E-state index in [9.17, 15) is 0 Å². The summed E-state index contributed by atoms with van der Waals surface area (Å²) in [4.78, 5) is 0. The molecule has 0 saturated heterocycles. The smallest absolute Gasteiger partial charge is 0.118 e. The summed E-state index contributed by atoms with van der Waals surface area (Å²) in [6.07, 6.45) is 1.02. The molecule has 20 heavy (non-hydrogen) atoms. The second-order valence-corrected chi connectivity index (χ2v) is 5.38. The van der Waals surface area contributed by atoms with Crippen LogP contribution in [0.3, 0.4) is 0 Å². The highest BCUT2D eigenvalue weighted by Gasteiger charge is 2.05. The van der Waals surface area contributed by atoms with Crippen LogP contribution >= 0.6 is 23.2 Å². The number of benzene rings is 2. The van der Waals surface area contributed by atoms with E-state index in [1.807, 2.05) is 30.3 Å². The van der Waals surface area contributed by atoms with Gasteiger partial charge in [-0.1, -0.05) is 47.5 Å². The van der Waals surface area contributed by atoms with Crippen molar-refractivity contribution in [1.29, 1.82) is 0 Å². The molecule has 0 heterocycles. The minimum Gasteiger partial charge on any atom is -0.497 e. The van der Waals surface area contributed by atoms with Crippen molar-refractivity contribution in [3.8, 4) is 5.75 Å². The number of hydrogen-bond donors (Lipinski definition) is 1. The highest BCUT2D eigenvalue weighted by molar-refractivity contribution is 6.42. The van der Waals surface area contributed by atoms with Gasteiger partial charge in [0, 0.05) is 12.0 Å². The molecule has 2 nitrogen and oxygen atoms in total. The third-order valence-electron chi connectivity index (χ3n) is 3.19. The molecule has 0 fully saturated rings. The lowest BCUT2D eigenvalue weighted by atomic mass is 10.1. The first-order valence-electron chi connectivity index (χ1n) is 6.58. The van der Waals surface area contributed by atoms with E-state index in [4.69, 9.17) is 27.9 Å². The van der Waals surface area contributed by atoms with E-state index in [1.165, 1.54) is 5.56 Å². The van der Waals surface area contributed by atoms with Crippen LogP contribution < -0.4 is 10.1 Å². The molecule has 4 heteroatoms. The molecule has 0 atom stereocenters. The van der Waals surface area contributed by atoms with Gasteiger partial charge in [-0.05, 0) is 23.8 Å². The Labute approximate surface area is 129 Å². The van der Waals surface area contributed by atoms with Crippen LogP contribution in [-0.4, -0.2) is 13.7 Å². The van der Waals surface area contributed by atoms with Crippen molar-refractivity contribution in [2.45, 2.75) is 13.0 Å². The van der Waals surface area contributed by atoms with Crippen LogP contribution in [-0.2, 0) is 13.0 Å². The molecule has 2 rings (SSSR count). The lowest BCUT2D eigenvalue weighted by Crippen LogP contribution is -2.83. The van der Waals surface area contributed by atoms with E-state index < -0.39 is 0 Å². The molecule has 2 N–H and O–H groups in total. The van der Waals surface area contributed by atoms with Gasteiger partial charge in [0.2, 0.25) is 0 Å². The van der Waals surface area contributed by atoms with Gasteiger partial charge < -0.3 is 10.1 Å². The Hall–Kier alpha value is -1.22. The van der Waals surface area contributed by atoms with Crippen LogP contribution in [0, 0.1) is 0 Å². The van der Waals surface area contributed by atoms with Crippen LogP contribution in [0.2, 0.25) is 10.0 Å². The molecule has 106 valence electrons. The fourth-order valence-corrected chi connectivity index (χ4v) is 2.42. The van der Waals surface area contributed by atoms with E-state index in [0.29, 0.717) is 10.0 Å². The minimum atomic E-state index is 0.618. The van der Waals surface area contributed by atoms with Gasteiger partial charge in [0.1, 0.15) is 12.3 Å². The molecule has 0 aliphatic rings. The predicted octanol–water partition coefficient (Wildman–Crippen LogP) is 3.31. The van der Waals surface area contributed by atoms with Gasteiger partial charge >= 0.3 is 0 Å². The van der Waals surface area contributed by atoms with E-state index in [2.05, 4.69) is 17.4 Å². The van der Waals surface area contributed by atoms with E-state index in [1.54, 1.807) is 7.11 Å². The first-order valence-corrected chi connectivity index (χ1v) is 7.34. The second kappa shape index (κ2) is 7.53. The number of methoxy groups -OCH3 is 1. The first kappa shape index (κ1) is 15.2. The number of rotatable bonds is 6. The maximum atomic E-state index is 6.16. The molecular formula is C16H18Cl2NO+. The van der Waals surface area contributed by atoms with Gasteiger partial charge in [-0.15, -0.1) is 0 Å². The van der Waals surface area contributed by atoms with Crippen molar-refractivity contribution in [2.24, 2.45) is 0 Å². The van der Waals surface area contributed by atoms with Gasteiger partial charge in [-0.3, -0.25) is 0 Å². The summed E-state index contributed by atoms with van der Waals surface area (Å²) in [5, 5.41) is 3.52. The summed E-state index contributed by atoms with van der Waals surface area (Å²) in [6, 6.07) is 13.9. The Morgan fingerprint density at radius 2 is 1.80 bits per heavy atom. The largest absolute Gasteiger partial charge is 0.497 e. The van der Waals surface area contributed by atoms with E-state index >= 15 is 0 Å². The van der Waals surface area contributed by atoms with Gasteiger partial charge in [0.05, 0.1) is 23.7 Å². The number of halogens is 2. The standard InChI is InChI=1S/C16H17Cl2NO/c1-20-14-7-5-12(6-8-14)9-10-19-11-13-3-2-4-15(17)16(13)18/h2-8,19H,9-11H2,1H3/p+1. The maximum Gasteiger partial charge on any atom is 0.118 e. The Morgan fingerprint density at radius 3 is 2.50 bits per heavy atom. The van der Waals surface area contributed by atoms with Crippen molar-refractivity contribution in [3.05, 3.63) is 63.6 Å². The van der Waals surface area contributed by atoms with Gasteiger partial charge in [-0.2, -0.15) is 0 Å². The molecule has 0 bridgehead atoms. The highest BCUT2D eigenvalue weighted by atomic mass is 35.5. The maximum absolute atomic E-state index is 6.16. The summed E-state index contributed by atoms with van der Waals surface area (Å²) in [5.41, 5.74) is 2.38. The van der Waals surface area contributed by atoms with Crippen LogP contribution in [0.15, 0.2) is 42.5 Å². The summed E-state index contributed by atoms with van der Waals surface area (Å²) >= 11 is 12.2. The average Bonchev–Trinajstić information content (AvgIpc) is 2.48. The summed E-state index contributed by atoms with van der Waals surface area (Å²) in [6.45, 7) is 1.85. The monoisotopic (exact) mass is 310 g/mol. The van der Waals surface area contributed by atoms with Crippen LogP contribution in [0.1, 0.15) is 11.1 Å². The highest BCUT2D eigenvalue weighted by Crippen LogP contribution is 2.24. The molecule has 0 spiro atoms. The molecule has 2 aromatic rings. The third kappa shape index (κ3) is 4.14. The van der Waals surface area contributed by atoms with E-state index in [0.717, 1.165) is 30.8 Å².